The molecule has 3 aromatic rings. The third-order valence-electron chi connectivity index (χ3n) is 6.32. The fraction of sp³-hybridized carbons (Fsp3) is 0.423. The van der Waals surface area contributed by atoms with Crippen LogP contribution in [0.4, 0.5) is 0 Å². The predicted molar refractivity (Wildman–Crippen MR) is 122 cm³/mol. The molecule has 0 radical (unpaired) electrons. The minimum absolute atomic E-state index is 0.0878. The van der Waals surface area contributed by atoms with Crippen molar-refractivity contribution >= 4 is 0 Å². The summed E-state index contributed by atoms with van der Waals surface area (Å²) in [6.45, 7) is 9.56. The lowest BCUT2D eigenvalue weighted by Gasteiger charge is -2.33. The number of nitrogens with zero attached hydrogens (tertiary/aromatic N) is 4. The summed E-state index contributed by atoms with van der Waals surface area (Å²) in [6.07, 6.45) is 8.69. The number of pyridine rings is 1. The van der Waals surface area contributed by atoms with E-state index in [4.69, 9.17) is 9.72 Å². The Morgan fingerprint density at radius 3 is 2.77 bits per heavy atom. The molecule has 0 aliphatic carbocycles. The lowest BCUT2D eigenvalue weighted by atomic mass is 9.92. The van der Waals surface area contributed by atoms with Gasteiger partial charge in [-0.25, -0.2) is 9.97 Å². The van der Waals surface area contributed by atoms with Crippen molar-refractivity contribution in [3.63, 3.8) is 0 Å². The van der Waals surface area contributed by atoms with E-state index in [1.807, 2.05) is 12.4 Å². The van der Waals surface area contributed by atoms with Gasteiger partial charge in [-0.05, 0) is 75.0 Å². The quantitative estimate of drug-likeness (QED) is 0.605. The zero-order valence-electron chi connectivity index (χ0n) is 18.6. The number of hydrogen-bond acceptors (Lipinski definition) is 5. The van der Waals surface area contributed by atoms with E-state index in [-0.39, 0.29) is 5.60 Å². The van der Waals surface area contributed by atoms with Gasteiger partial charge in [0, 0.05) is 54.8 Å². The molecule has 2 aliphatic heterocycles. The van der Waals surface area contributed by atoms with Gasteiger partial charge in [0.2, 0.25) is 0 Å². The number of hydrogen-bond donors (Lipinski definition) is 0. The molecule has 2 aromatic heterocycles. The Morgan fingerprint density at radius 1 is 1.10 bits per heavy atom. The summed E-state index contributed by atoms with van der Waals surface area (Å²) >= 11 is 0. The maximum absolute atomic E-state index is 6.04. The van der Waals surface area contributed by atoms with E-state index in [2.05, 4.69) is 66.0 Å². The fourth-order valence-electron chi connectivity index (χ4n) is 4.98. The minimum atomic E-state index is -0.0878. The van der Waals surface area contributed by atoms with Gasteiger partial charge in [-0.15, -0.1) is 0 Å². The Hall–Kier alpha value is -2.79. The van der Waals surface area contributed by atoms with E-state index in [9.17, 15) is 0 Å². The summed E-state index contributed by atoms with van der Waals surface area (Å²) in [4.78, 5) is 15.8. The molecule has 0 saturated carbocycles. The molecular formula is C26H30N4O. The van der Waals surface area contributed by atoms with Crippen LogP contribution < -0.4 is 4.74 Å². The highest BCUT2D eigenvalue weighted by molar-refractivity contribution is 5.62. The van der Waals surface area contributed by atoms with Gasteiger partial charge in [0.1, 0.15) is 17.7 Å². The number of fused-ring (bicyclic) bond motifs is 1. The second kappa shape index (κ2) is 8.04. The summed E-state index contributed by atoms with van der Waals surface area (Å²) < 4.78 is 6.04. The van der Waals surface area contributed by atoms with Gasteiger partial charge in [-0.1, -0.05) is 12.1 Å². The molecule has 1 saturated heterocycles. The van der Waals surface area contributed by atoms with Crippen LogP contribution in [0.25, 0.3) is 11.1 Å². The SMILES string of the molecule is Cc1cc(-c2cncnc2)cc(C2CCCN(Cc3ccc4c(c3)CC(C)(C)O4)C2)n1. The molecule has 0 spiro atoms. The van der Waals surface area contributed by atoms with Crippen molar-refractivity contribution in [1.29, 1.82) is 0 Å². The monoisotopic (exact) mass is 414 g/mol. The zero-order valence-corrected chi connectivity index (χ0v) is 18.6. The Balaban J connectivity index is 1.32. The Morgan fingerprint density at radius 2 is 1.94 bits per heavy atom. The Bertz CT molecular complexity index is 1080. The molecule has 1 aromatic carbocycles. The highest BCUT2D eigenvalue weighted by atomic mass is 16.5. The van der Waals surface area contributed by atoms with Crippen LogP contribution >= 0.6 is 0 Å². The van der Waals surface area contributed by atoms with Crippen LogP contribution in [-0.2, 0) is 13.0 Å². The molecule has 1 unspecified atom stereocenters. The molecule has 31 heavy (non-hydrogen) atoms. The van der Waals surface area contributed by atoms with E-state index in [1.165, 1.54) is 29.7 Å². The Kier molecular flexibility index (Phi) is 5.22. The molecule has 2 aliphatic rings. The number of ether oxygens (including phenoxy) is 1. The van der Waals surface area contributed by atoms with Crippen molar-refractivity contribution < 1.29 is 4.74 Å². The lowest BCUT2D eigenvalue weighted by molar-refractivity contribution is 0.138. The standard InChI is InChI=1S/C26H30N4O/c1-18-9-21(23-13-27-17-28-14-23)11-24(29-18)20-5-4-8-30(16-20)15-19-6-7-25-22(10-19)12-26(2,3)31-25/h6-7,9-11,13-14,17,20H,4-5,8,12,15-16H2,1-3H3. The molecule has 5 nitrogen and oxygen atoms in total. The van der Waals surface area contributed by atoms with E-state index in [0.29, 0.717) is 5.92 Å². The van der Waals surface area contributed by atoms with Crippen molar-refractivity contribution in [3.05, 3.63) is 71.6 Å². The fourth-order valence-corrected chi connectivity index (χ4v) is 4.98. The van der Waals surface area contributed by atoms with E-state index in [1.54, 1.807) is 6.33 Å². The maximum Gasteiger partial charge on any atom is 0.123 e. The van der Waals surface area contributed by atoms with Crippen molar-refractivity contribution in [2.45, 2.75) is 58.1 Å². The third-order valence-corrected chi connectivity index (χ3v) is 6.32. The summed E-state index contributed by atoms with van der Waals surface area (Å²) in [5.41, 5.74) is 7.07. The van der Waals surface area contributed by atoms with Gasteiger partial charge >= 0.3 is 0 Å². The number of rotatable bonds is 4. The molecule has 1 atom stereocenters. The molecule has 4 heterocycles. The van der Waals surface area contributed by atoms with Gasteiger partial charge in [-0.3, -0.25) is 9.88 Å². The van der Waals surface area contributed by atoms with Crippen LogP contribution in [-0.4, -0.2) is 38.5 Å². The average molecular weight is 415 g/mol. The highest BCUT2D eigenvalue weighted by Gasteiger charge is 2.30. The largest absolute Gasteiger partial charge is 0.487 e. The number of benzene rings is 1. The smallest absolute Gasteiger partial charge is 0.123 e. The summed E-state index contributed by atoms with van der Waals surface area (Å²) in [7, 11) is 0. The first-order valence-corrected chi connectivity index (χ1v) is 11.2. The van der Waals surface area contributed by atoms with Crippen molar-refractivity contribution in [2.24, 2.45) is 0 Å². The highest BCUT2D eigenvalue weighted by Crippen LogP contribution is 2.36. The van der Waals surface area contributed by atoms with Crippen LogP contribution in [0, 0.1) is 6.92 Å². The first-order chi connectivity index (χ1) is 14.9. The number of piperidine rings is 1. The zero-order chi connectivity index (χ0) is 21.4. The van der Waals surface area contributed by atoms with Gasteiger partial charge in [-0.2, -0.15) is 0 Å². The normalized spacial score (nSPS) is 20.3. The second-order valence-electron chi connectivity index (χ2n) is 9.60. The predicted octanol–water partition coefficient (Wildman–Crippen LogP) is 4.94. The lowest BCUT2D eigenvalue weighted by Crippen LogP contribution is -2.34. The van der Waals surface area contributed by atoms with Crippen molar-refractivity contribution in [2.75, 3.05) is 13.1 Å². The number of likely N-dealkylation sites (tertiary alicyclic amines) is 1. The van der Waals surface area contributed by atoms with E-state index < -0.39 is 0 Å². The van der Waals surface area contributed by atoms with Crippen LogP contribution in [0.2, 0.25) is 0 Å². The average Bonchev–Trinajstić information content (AvgIpc) is 3.07. The van der Waals surface area contributed by atoms with Gasteiger partial charge in [0.25, 0.3) is 0 Å². The van der Waals surface area contributed by atoms with Gasteiger partial charge in [0.15, 0.2) is 0 Å². The summed E-state index contributed by atoms with van der Waals surface area (Å²) in [5, 5.41) is 0. The second-order valence-corrected chi connectivity index (χ2v) is 9.60. The summed E-state index contributed by atoms with van der Waals surface area (Å²) in [6, 6.07) is 11.1. The van der Waals surface area contributed by atoms with E-state index in [0.717, 1.165) is 48.6 Å². The van der Waals surface area contributed by atoms with Crippen LogP contribution in [0.5, 0.6) is 5.75 Å². The third kappa shape index (κ3) is 4.47. The van der Waals surface area contributed by atoms with E-state index >= 15 is 0 Å². The maximum atomic E-state index is 6.04. The molecule has 5 rings (SSSR count). The van der Waals surface area contributed by atoms with Gasteiger partial charge in [0.05, 0.1) is 0 Å². The summed E-state index contributed by atoms with van der Waals surface area (Å²) in [5.74, 6) is 1.50. The van der Waals surface area contributed by atoms with Crippen LogP contribution in [0.3, 0.4) is 0 Å². The van der Waals surface area contributed by atoms with Gasteiger partial charge < -0.3 is 4.74 Å². The number of aromatic nitrogens is 3. The Labute approximate surface area is 184 Å². The van der Waals surface area contributed by atoms with Crippen LogP contribution in [0.15, 0.2) is 49.1 Å². The van der Waals surface area contributed by atoms with Crippen molar-refractivity contribution in [3.8, 4) is 16.9 Å². The molecule has 5 heteroatoms. The minimum Gasteiger partial charge on any atom is -0.487 e. The molecule has 0 amide bonds. The molecule has 0 bridgehead atoms. The van der Waals surface area contributed by atoms with Crippen molar-refractivity contribution in [1.82, 2.24) is 19.9 Å². The first-order valence-electron chi connectivity index (χ1n) is 11.2. The number of aryl methyl sites for hydroxylation is 1. The van der Waals surface area contributed by atoms with Crippen LogP contribution in [0.1, 0.15) is 55.1 Å². The molecule has 1 fully saturated rings. The molecule has 0 N–H and O–H groups in total. The molecule has 160 valence electrons. The first kappa shape index (κ1) is 20.1. The topological polar surface area (TPSA) is 51.1 Å². The molecular weight excluding hydrogens is 384 g/mol.